The number of amides is 1. The maximum Gasteiger partial charge on any atom is 0.283 e. The molecular formula is C19H16N6O3. The molecule has 2 N–H and O–H groups in total. The second kappa shape index (κ2) is 6.95. The van der Waals surface area contributed by atoms with Crippen LogP contribution in [0.4, 0.5) is 5.82 Å². The number of hydrogen-bond donors (Lipinski definition) is 1. The highest BCUT2D eigenvalue weighted by molar-refractivity contribution is 5.94. The Bertz CT molecular complexity index is 1120. The SMILES string of the molecule is CN(C)C(=O)c1ccc(-c2cnc(N)c(-c3nnc(-c4ccco4)o3)n2)cc1. The Morgan fingerprint density at radius 2 is 1.82 bits per heavy atom. The molecule has 28 heavy (non-hydrogen) atoms. The van der Waals surface area contributed by atoms with Crippen molar-refractivity contribution in [2.24, 2.45) is 0 Å². The molecule has 4 rings (SSSR count). The van der Waals surface area contributed by atoms with Crippen LogP contribution in [0.3, 0.4) is 0 Å². The quantitative estimate of drug-likeness (QED) is 0.576. The summed E-state index contributed by atoms with van der Waals surface area (Å²) < 4.78 is 10.9. The molecule has 0 aliphatic rings. The van der Waals surface area contributed by atoms with Crippen LogP contribution in [0.2, 0.25) is 0 Å². The number of benzene rings is 1. The number of aromatic nitrogens is 4. The normalized spacial score (nSPS) is 10.8. The maximum atomic E-state index is 12.0. The van der Waals surface area contributed by atoms with Gasteiger partial charge in [-0.15, -0.1) is 10.2 Å². The molecule has 3 aromatic heterocycles. The summed E-state index contributed by atoms with van der Waals surface area (Å²) in [4.78, 5) is 22.2. The van der Waals surface area contributed by atoms with Crippen molar-refractivity contribution in [1.29, 1.82) is 0 Å². The molecule has 0 radical (unpaired) electrons. The molecule has 0 saturated carbocycles. The van der Waals surface area contributed by atoms with Crippen molar-refractivity contribution in [3.63, 3.8) is 0 Å². The first kappa shape index (κ1) is 17.4. The molecular weight excluding hydrogens is 360 g/mol. The number of hydrogen-bond acceptors (Lipinski definition) is 8. The molecule has 9 nitrogen and oxygen atoms in total. The maximum absolute atomic E-state index is 12.0. The van der Waals surface area contributed by atoms with Crippen molar-refractivity contribution in [1.82, 2.24) is 25.1 Å². The zero-order valence-electron chi connectivity index (χ0n) is 15.2. The van der Waals surface area contributed by atoms with Crippen LogP contribution < -0.4 is 5.73 Å². The molecule has 140 valence electrons. The molecule has 0 bridgehead atoms. The number of carbonyl (C=O) groups is 1. The van der Waals surface area contributed by atoms with Gasteiger partial charge >= 0.3 is 0 Å². The molecule has 4 aromatic rings. The standard InChI is InChI=1S/C19H16N6O3/c1-25(2)19(26)12-7-5-11(6-8-12)13-10-21-16(20)15(22-13)18-24-23-17(28-18)14-4-3-9-27-14/h3-10H,1-2H3,(H2,20,21). The van der Waals surface area contributed by atoms with Crippen LogP contribution in [0.1, 0.15) is 10.4 Å². The topological polar surface area (TPSA) is 124 Å². The summed E-state index contributed by atoms with van der Waals surface area (Å²) in [6.07, 6.45) is 3.06. The first-order valence-electron chi connectivity index (χ1n) is 8.35. The lowest BCUT2D eigenvalue weighted by Gasteiger charge is -2.10. The van der Waals surface area contributed by atoms with E-state index in [1.807, 2.05) is 0 Å². The highest BCUT2D eigenvalue weighted by atomic mass is 16.4. The zero-order valence-corrected chi connectivity index (χ0v) is 15.2. The van der Waals surface area contributed by atoms with E-state index in [0.29, 0.717) is 17.0 Å². The van der Waals surface area contributed by atoms with E-state index in [1.54, 1.807) is 56.7 Å². The minimum Gasteiger partial charge on any atom is -0.459 e. The summed E-state index contributed by atoms with van der Waals surface area (Å²) in [5, 5.41) is 7.94. The molecule has 0 fully saturated rings. The van der Waals surface area contributed by atoms with Crippen LogP contribution in [-0.2, 0) is 0 Å². The number of carbonyl (C=O) groups excluding carboxylic acids is 1. The van der Waals surface area contributed by atoms with Crippen molar-refractivity contribution < 1.29 is 13.6 Å². The first-order valence-corrected chi connectivity index (χ1v) is 8.35. The first-order chi connectivity index (χ1) is 13.5. The molecule has 0 aliphatic carbocycles. The van der Waals surface area contributed by atoms with Crippen molar-refractivity contribution in [3.05, 3.63) is 54.4 Å². The third-order valence-electron chi connectivity index (χ3n) is 3.99. The lowest BCUT2D eigenvalue weighted by Crippen LogP contribution is -2.21. The van der Waals surface area contributed by atoms with Crippen LogP contribution in [0.15, 0.2) is 57.7 Å². The van der Waals surface area contributed by atoms with Crippen molar-refractivity contribution >= 4 is 11.7 Å². The van der Waals surface area contributed by atoms with Gasteiger partial charge in [0, 0.05) is 25.2 Å². The summed E-state index contributed by atoms with van der Waals surface area (Å²) in [6, 6.07) is 10.5. The van der Waals surface area contributed by atoms with E-state index in [9.17, 15) is 4.79 Å². The second-order valence-electron chi connectivity index (χ2n) is 6.16. The largest absolute Gasteiger partial charge is 0.459 e. The second-order valence-corrected chi connectivity index (χ2v) is 6.16. The fraction of sp³-hybridized carbons (Fsp3) is 0.105. The van der Waals surface area contributed by atoms with E-state index >= 15 is 0 Å². The van der Waals surface area contributed by atoms with Gasteiger partial charge in [0.05, 0.1) is 18.2 Å². The van der Waals surface area contributed by atoms with Gasteiger partial charge in [-0.05, 0) is 24.3 Å². The monoisotopic (exact) mass is 376 g/mol. The third kappa shape index (κ3) is 3.20. The average Bonchev–Trinajstić information content (AvgIpc) is 3.39. The number of nitrogens with zero attached hydrogens (tertiary/aromatic N) is 5. The minimum absolute atomic E-state index is 0.0769. The number of nitrogens with two attached hydrogens (primary N) is 1. The van der Waals surface area contributed by atoms with Crippen molar-refractivity contribution in [2.75, 3.05) is 19.8 Å². The van der Waals surface area contributed by atoms with Gasteiger partial charge in [-0.2, -0.15) is 0 Å². The van der Waals surface area contributed by atoms with E-state index in [-0.39, 0.29) is 29.2 Å². The van der Waals surface area contributed by atoms with Crippen LogP contribution in [-0.4, -0.2) is 45.1 Å². The average molecular weight is 376 g/mol. The van der Waals surface area contributed by atoms with Crippen LogP contribution in [0, 0.1) is 0 Å². The predicted octanol–water partition coefficient (Wildman–Crippen LogP) is 2.74. The Kier molecular flexibility index (Phi) is 4.32. The summed E-state index contributed by atoms with van der Waals surface area (Å²) in [5.41, 5.74) is 8.14. The highest BCUT2D eigenvalue weighted by Crippen LogP contribution is 2.28. The lowest BCUT2D eigenvalue weighted by atomic mass is 10.1. The molecule has 0 aliphatic heterocycles. The summed E-state index contributed by atoms with van der Waals surface area (Å²) in [5.74, 6) is 0.892. The van der Waals surface area contributed by atoms with Gasteiger partial charge in [0.25, 0.3) is 17.7 Å². The van der Waals surface area contributed by atoms with Gasteiger partial charge in [0.2, 0.25) is 0 Å². The van der Waals surface area contributed by atoms with Crippen molar-refractivity contribution in [3.8, 4) is 34.5 Å². The Balaban J connectivity index is 1.67. The molecule has 0 spiro atoms. The summed E-state index contributed by atoms with van der Waals surface area (Å²) >= 11 is 0. The molecule has 3 heterocycles. The molecule has 0 unspecified atom stereocenters. The van der Waals surface area contributed by atoms with E-state index in [2.05, 4.69) is 20.2 Å². The molecule has 0 saturated heterocycles. The highest BCUT2D eigenvalue weighted by Gasteiger charge is 2.18. The smallest absolute Gasteiger partial charge is 0.283 e. The van der Waals surface area contributed by atoms with E-state index in [4.69, 9.17) is 14.6 Å². The van der Waals surface area contributed by atoms with E-state index < -0.39 is 0 Å². The van der Waals surface area contributed by atoms with Gasteiger partial charge in [-0.1, -0.05) is 12.1 Å². The van der Waals surface area contributed by atoms with Crippen LogP contribution in [0.25, 0.3) is 34.5 Å². The number of furan rings is 1. The summed E-state index contributed by atoms with van der Waals surface area (Å²) in [6.45, 7) is 0. The predicted molar refractivity (Wildman–Crippen MR) is 101 cm³/mol. The minimum atomic E-state index is -0.0769. The van der Waals surface area contributed by atoms with Gasteiger partial charge in [0.1, 0.15) is 0 Å². The molecule has 1 aromatic carbocycles. The van der Waals surface area contributed by atoms with Gasteiger partial charge in [-0.3, -0.25) is 4.79 Å². The fourth-order valence-electron chi connectivity index (χ4n) is 2.56. The molecule has 9 heteroatoms. The number of nitrogen functional groups attached to an aromatic ring is 1. The lowest BCUT2D eigenvalue weighted by molar-refractivity contribution is 0.0827. The zero-order chi connectivity index (χ0) is 19.7. The van der Waals surface area contributed by atoms with Gasteiger partial charge in [-0.25, -0.2) is 9.97 Å². The Morgan fingerprint density at radius 3 is 2.50 bits per heavy atom. The Labute approximate surface area is 159 Å². The van der Waals surface area contributed by atoms with Gasteiger partial charge < -0.3 is 19.5 Å². The molecule has 0 atom stereocenters. The van der Waals surface area contributed by atoms with Crippen LogP contribution in [0.5, 0.6) is 0 Å². The number of anilines is 1. The van der Waals surface area contributed by atoms with Gasteiger partial charge in [0.15, 0.2) is 17.3 Å². The van der Waals surface area contributed by atoms with E-state index in [1.165, 1.54) is 11.2 Å². The van der Waals surface area contributed by atoms with Crippen molar-refractivity contribution in [2.45, 2.75) is 0 Å². The summed E-state index contributed by atoms with van der Waals surface area (Å²) in [7, 11) is 3.41. The third-order valence-corrected chi connectivity index (χ3v) is 3.99. The number of rotatable bonds is 4. The Morgan fingerprint density at radius 1 is 1.07 bits per heavy atom. The fourth-order valence-corrected chi connectivity index (χ4v) is 2.56. The Hall–Kier alpha value is -4.01. The van der Waals surface area contributed by atoms with Crippen LogP contribution >= 0.6 is 0 Å². The van der Waals surface area contributed by atoms with E-state index in [0.717, 1.165) is 5.56 Å². The molecule has 1 amide bonds.